The van der Waals surface area contributed by atoms with Crippen molar-refractivity contribution in [3.05, 3.63) is 0 Å². The van der Waals surface area contributed by atoms with Gasteiger partial charge in [-0.15, -0.1) is 0 Å². The predicted molar refractivity (Wildman–Crippen MR) is 53.2 cm³/mol. The van der Waals surface area contributed by atoms with Gasteiger partial charge in [0.25, 0.3) is 0 Å². The summed E-state index contributed by atoms with van der Waals surface area (Å²) in [5.74, 6) is 0.643. The molecule has 1 unspecified atom stereocenters. The first-order valence-corrected chi connectivity index (χ1v) is 5.20. The van der Waals surface area contributed by atoms with E-state index in [1.165, 1.54) is 32.1 Å². The van der Waals surface area contributed by atoms with Gasteiger partial charge in [0.15, 0.2) is 0 Å². The molecule has 1 amide bonds. The standard InChI is InChI=1S/C10H20N2O/c1-12-10(13)7-9(11)8-5-3-2-4-6-8/h8-9H,2-7,11H2,1H3,(H,12,13). The van der Waals surface area contributed by atoms with Crippen LogP contribution in [0.25, 0.3) is 0 Å². The number of carbonyl (C=O) groups is 1. The molecule has 0 bridgehead atoms. The average molecular weight is 184 g/mol. The minimum Gasteiger partial charge on any atom is -0.359 e. The topological polar surface area (TPSA) is 55.1 Å². The van der Waals surface area contributed by atoms with Crippen molar-refractivity contribution < 1.29 is 4.79 Å². The van der Waals surface area contributed by atoms with Crippen LogP contribution in [0.15, 0.2) is 0 Å². The third-order valence-corrected chi connectivity index (χ3v) is 2.96. The molecule has 0 radical (unpaired) electrons. The number of nitrogens with one attached hydrogen (secondary N) is 1. The number of hydrogen-bond acceptors (Lipinski definition) is 2. The zero-order valence-electron chi connectivity index (χ0n) is 8.38. The molecule has 1 saturated carbocycles. The summed E-state index contributed by atoms with van der Waals surface area (Å²) >= 11 is 0. The third kappa shape index (κ3) is 3.35. The second kappa shape index (κ2) is 5.22. The van der Waals surface area contributed by atoms with Gasteiger partial charge in [-0.2, -0.15) is 0 Å². The Morgan fingerprint density at radius 1 is 1.46 bits per heavy atom. The zero-order valence-corrected chi connectivity index (χ0v) is 8.38. The van der Waals surface area contributed by atoms with Crippen molar-refractivity contribution in [2.75, 3.05) is 7.05 Å². The van der Waals surface area contributed by atoms with Crippen molar-refractivity contribution in [2.24, 2.45) is 11.7 Å². The first-order chi connectivity index (χ1) is 6.24. The monoisotopic (exact) mass is 184 g/mol. The molecule has 1 fully saturated rings. The van der Waals surface area contributed by atoms with E-state index in [4.69, 9.17) is 5.73 Å². The van der Waals surface area contributed by atoms with Crippen molar-refractivity contribution in [1.29, 1.82) is 0 Å². The van der Waals surface area contributed by atoms with E-state index in [1.807, 2.05) is 0 Å². The van der Waals surface area contributed by atoms with Crippen molar-refractivity contribution >= 4 is 5.91 Å². The Balaban J connectivity index is 2.28. The van der Waals surface area contributed by atoms with Crippen LogP contribution in [0.4, 0.5) is 0 Å². The Morgan fingerprint density at radius 3 is 2.62 bits per heavy atom. The van der Waals surface area contributed by atoms with Gasteiger partial charge < -0.3 is 11.1 Å². The van der Waals surface area contributed by atoms with Crippen LogP contribution in [0.3, 0.4) is 0 Å². The smallest absolute Gasteiger partial charge is 0.221 e. The van der Waals surface area contributed by atoms with Gasteiger partial charge in [0.1, 0.15) is 0 Å². The lowest BCUT2D eigenvalue weighted by Crippen LogP contribution is -2.36. The lowest BCUT2D eigenvalue weighted by molar-refractivity contribution is -0.121. The Morgan fingerprint density at radius 2 is 2.08 bits per heavy atom. The highest BCUT2D eigenvalue weighted by molar-refractivity contribution is 5.76. The highest BCUT2D eigenvalue weighted by Gasteiger charge is 2.21. The van der Waals surface area contributed by atoms with Gasteiger partial charge in [0, 0.05) is 19.5 Å². The first-order valence-electron chi connectivity index (χ1n) is 5.20. The molecule has 0 spiro atoms. The highest BCUT2D eigenvalue weighted by atomic mass is 16.1. The summed E-state index contributed by atoms with van der Waals surface area (Å²) in [5.41, 5.74) is 5.96. The van der Waals surface area contributed by atoms with Crippen LogP contribution < -0.4 is 11.1 Å². The zero-order chi connectivity index (χ0) is 9.68. The van der Waals surface area contributed by atoms with Crippen LogP contribution in [0.1, 0.15) is 38.5 Å². The minimum absolute atomic E-state index is 0.0677. The van der Waals surface area contributed by atoms with Crippen molar-refractivity contribution in [1.82, 2.24) is 5.32 Å². The van der Waals surface area contributed by atoms with Gasteiger partial charge in [-0.3, -0.25) is 4.79 Å². The molecule has 13 heavy (non-hydrogen) atoms. The maximum Gasteiger partial charge on any atom is 0.221 e. The molecule has 0 aromatic heterocycles. The van der Waals surface area contributed by atoms with Crippen molar-refractivity contribution in [3.63, 3.8) is 0 Å². The van der Waals surface area contributed by atoms with Gasteiger partial charge in [-0.05, 0) is 18.8 Å². The summed E-state index contributed by atoms with van der Waals surface area (Å²) in [6, 6.07) is 0.0697. The summed E-state index contributed by atoms with van der Waals surface area (Å²) in [5, 5.41) is 2.62. The molecule has 76 valence electrons. The molecule has 0 aromatic carbocycles. The summed E-state index contributed by atoms with van der Waals surface area (Å²) in [6.45, 7) is 0. The number of rotatable bonds is 3. The normalized spacial score (nSPS) is 21.1. The molecule has 1 aliphatic rings. The van der Waals surface area contributed by atoms with E-state index in [9.17, 15) is 4.79 Å². The molecule has 0 aliphatic heterocycles. The summed E-state index contributed by atoms with van der Waals surface area (Å²) < 4.78 is 0. The van der Waals surface area contributed by atoms with Crippen molar-refractivity contribution in [3.8, 4) is 0 Å². The number of nitrogens with two attached hydrogens (primary N) is 1. The van der Waals surface area contributed by atoms with E-state index < -0.39 is 0 Å². The van der Waals surface area contributed by atoms with Gasteiger partial charge >= 0.3 is 0 Å². The second-order valence-corrected chi connectivity index (χ2v) is 3.94. The number of amides is 1. The molecule has 0 saturated heterocycles. The first kappa shape index (κ1) is 10.5. The van der Waals surface area contributed by atoms with Crippen LogP contribution in [0.5, 0.6) is 0 Å². The van der Waals surface area contributed by atoms with E-state index in [0.29, 0.717) is 12.3 Å². The SMILES string of the molecule is CNC(=O)CC(N)C1CCCCC1. The molecule has 1 aliphatic carbocycles. The van der Waals surface area contributed by atoms with E-state index in [-0.39, 0.29) is 11.9 Å². The van der Waals surface area contributed by atoms with Gasteiger partial charge in [-0.1, -0.05) is 19.3 Å². The molecule has 3 N–H and O–H groups in total. The molecule has 0 aromatic rings. The molecule has 3 nitrogen and oxygen atoms in total. The predicted octanol–water partition coefficient (Wildman–Crippen LogP) is 1.03. The van der Waals surface area contributed by atoms with Crippen LogP contribution in [-0.2, 0) is 4.79 Å². The third-order valence-electron chi connectivity index (χ3n) is 2.96. The van der Waals surface area contributed by atoms with Crippen LogP contribution in [0, 0.1) is 5.92 Å². The van der Waals surface area contributed by atoms with E-state index in [2.05, 4.69) is 5.32 Å². The fraction of sp³-hybridized carbons (Fsp3) is 0.900. The highest BCUT2D eigenvalue weighted by Crippen LogP contribution is 2.26. The lowest BCUT2D eigenvalue weighted by atomic mass is 9.83. The average Bonchev–Trinajstić information content (AvgIpc) is 2.19. The van der Waals surface area contributed by atoms with Gasteiger partial charge in [0.2, 0.25) is 5.91 Å². The fourth-order valence-electron chi connectivity index (χ4n) is 2.05. The summed E-state index contributed by atoms with van der Waals surface area (Å²) in [6.07, 6.45) is 6.80. The Hall–Kier alpha value is -0.570. The minimum atomic E-state index is 0.0677. The van der Waals surface area contributed by atoms with Crippen LogP contribution >= 0.6 is 0 Å². The largest absolute Gasteiger partial charge is 0.359 e. The summed E-state index contributed by atoms with van der Waals surface area (Å²) in [7, 11) is 1.66. The maximum atomic E-state index is 11.1. The van der Waals surface area contributed by atoms with Crippen molar-refractivity contribution in [2.45, 2.75) is 44.6 Å². The Bertz CT molecular complexity index is 164. The molecular formula is C10H20N2O. The quantitative estimate of drug-likeness (QED) is 0.688. The molecule has 0 heterocycles. The lowest BCUT2D eigenvalue weighted by Gasteiger charge is -2.26. The second-order valence-electron chi connectivity index (χ2n) is 3.94. The van der Waals surface area contributed by atoms with E-state index in [1.54, 1.807) is 7.05 Å². The van der Waals surface area contributed by atoms with E-state index in [0.717, 1.165) is 0 Å². The molecule has 1 atom stereocenters. The number of hydrogen-bond donors (Lipinski definition) is 2. The van der Waals surface area contributed by atoms with Gasteiger partial charge in [0.05, 0.1) is 0 Å². The molecule has 1 rings (SSSR count). The Labute approximate surface area is 80.1 Å². The fourth-order valence-corrected chi connectivity index (χ4v) is 2.05. The van der Waals surface area contributed by atoms with Crippen LogP contribution in [0.2, 0.25) is 0 Å². The molecule has 3 heteroatoms. The number of carbonyl (C=O) groups excluding carboxylic acids is 1. The summed E-state index contributed by atoms with van der Waals surface area (Å²) in [4.78, 5) is 11.1. The van der Waals surface area contributed by atoms with Gasteiger partial charge in [-0.25, -0.2) is 0 Å². The van der Waals surface area contributed by atoms with E-state index >= 15 is 0 Å². The van der Waals surface area contributed by atoms with Crippen LogP contribution in [-0.4, -0.2) is 19.0 Å². The maximum absolute atomic E-state index is 11.1. The molecular weight excluding hydrogens is 164 g/mol. The Kier molecular flexibility index (Phi) is 4.22.